The molecule has 0 saturated heterocycles. The first-order valence-electron chi connectivity index (χ1n) is 2.99. The second-order valence-corrected chi connectivity index (χ2v) is 17.0. The van der Waals surface area contributed by atoms with Gasteiger partial charge in [0.05, 0.1) is 0 Å². The Bertz CT molecular complexity index is 152. The van der Waals surface area contributed by atoms with E-state index in [0.29, 0.717) is 0 Å². The molecule has 0 N–H and O–H groups in total. The van der Waals surface area contributed by atoms with Crippen LogP contribution in [0.5, 0.6) is 0 Å². The molecule has 0 aliphatic heterocycles. The Hall–Kier alpha value is 1.41. The summed E-state index contributed by atoms with van der Waals surface area (Å²) in [5, 5.41) is 0. The standard InChI is InChI=1S/C5H11N.3ClH.Nb/c1-4-5(2,3)6;;;;/h4H2,1-3H3;3*1H;/q;;;;+3/p-3. The van der Waals surface area contributed by atoms with Crippen molar-refractivity contribution in [3.8, 4) is 0 Å². The van der Waals surface area contributed by atoms with E-state index >= 15 is 0 Å². The number of hydrogen-bond donors (Lipinski definition) is 0. The maximum absolute atomic E-state index is 5.66. The second-order valence-electron chi connectivity index (χ2n) is 2.68. The van der Waals surface area contributed by atoms with Crippen LogP contribution in [-0.4, -0.2) is 5.54 Å². The fourth-order valence-electron chi connectivity index (χ4n) is 0.378. The third-order valence-corrected chi connectivity index (χ3v) is 4.48. The van der Waals surface area contributed by atoms with E-state index < -0.39 is 13.7 Å². The molecular formula is C5H11Cl3NNb. The van der Waals surface area contributed by atoms with Crippen LogP contribution in [-0.2, 0) is 13.7 Å². The SMILES string of the molecule is CCC(C)(C)[N]=[Nb]([Cl])([Cl])[Cl]. The van der Waals surface area contributed by atoms with Crippen LogP contribution in [0.4, 0.5) is 0 Å². The van der Waals surface area contributed by atoms with Gasteiger partial charge in [0, 0.05) is 0 Å². The monoisotopic (exact) mass is 283 g/mol. The number of rotatable bonds is 2. The van der Waals surface area contributed by atoms with Crippen molar-refractivity contribution >= 4 is 27.6 Å². The molecule has 1 nitrogen and oxygen atoms in total. The first-order valence-corrected chi connectivity index (χ1v) is 12.5. The average Bonchev–Trinajstić information content (AvgIpc) is 1.60. The minimum absolute atomic E-state index is 0.156. The molecule has 0 rings (SSSR count). The molecule has 0 atom stereocenters. The fourth-order valence-corrected chi connectivity index (χ4v) is 5.87. The van der Waals surface area contributed by atoms with Gasteiger partial charge in [0.1, 0.15) is 0 Å². The molecule has 62 valence electrons. The first-order chi connectivity index (χ1) is 4.27. The summed E-state index contributed by atoms with van der Waals surface area (Å²) < 4.78 is 4.16. The molecule has 0 aromatic carbocycles. The van der Waals surface area contributed by atoms with Crippen LogP contribution in [0.2, 0.25) is 0 Å². The molecular weight excluding hydrogens is 273 g/mol. The summed E-state index contributed by atoms with van der Waals surface area (Å²) >= 11 is -3.34. The molecule has 0 aromatic heterocycles. The Morgan fingerprint density at radius 3 is 1.80 bits per heavy atom. The van der Waals surface area contributed by atoms with E-state index in [0.717, 1.165) is 6.42 Å². The molecule has 0 radical (unpaired) electrons. The molecule has 0 fully saturated rings. The summed E-state index contributed by atoms with van der Waals surface area (Å²) in [7, 11) is 17.0. The molecule has 0 unspecified atom stereocenters. The van der Waals surface area contributed by atoms with Gasteiger partial charge in [0.25, 0.3) is 0 Å². The van der Waals surface area contributed by atoms with Crippen LogP contribution in [0.3, 0.4) is 0 Å². The zero-order valence-corrected chi connectivity index (χ0v) is 10.7. The molecule has 0 aliphatic carbocycles. The van der Waals surface area contributed by atoms with Crippen LogP contribution in [0.1, 0.15) is 27.2 Å². The Morgan fingerprint density at radius 2 is 1.70 bits per heavy atom. The van der Waals surface area contributed by atoms with Crippen molar-refractivity contribution in [2.24, 2.45) is 3.34 Å². The predicted octanol–water partition coefficient (Wildman–Crippen LogP) is 3.97. The Labute approximate surface area is 76.9 Å². The van der Waals surface area contributed by atoms with E-state index in [2.05, 4.69) is 3.34 Å². The van der Waals surface area contributed by atoms with Crippen LogP contribution >= 0.6 is 27.6 Å². The van der Waals surface area contributed by atoms with E-state index in [4.69, 9.17) is 27.6 Å². The molecule has 5 heteroatoms. The fraction of sp³-hybridized carbons (Fsp3) is 1.00. The Balaban J connectivity index is 4.40. The van der Waals surface area contributed by atoms with Crippen LogP contribution in [0, 0.1) is 0 Å². The van der Waals surface area contributed by atoms with E-state index in [1.54, 1.807) is 0 Å². The predicted molar refractivity (Wildman–Crippen MR) is 44.4 cm³/mol. The second kappa shape index (κ2) is 3.88. The van der Waals surface area contributed by atoms with Crippen molar-refractivity contribution < 1.29 is 13.7 Å². The molecule has 10 heavy (non-hydrogen) atoms. The Kier molecular flexibility index (Phi) is 4.43. The normalized spacial score (nSPS) is 13.4. The molecule has 0 aliphatic rings. The van der Waals surface area contributed by atoms with E-state index in [-0.39, 0.29) is 5.54 Å². The molecule has 0 heterocycles. The number of hydrogen-bond acceptors (Lipinski definition) is 1. The van der Waals surface area contributed by atoms with E-state index in [1.807, 2.05) is 20.8 Å². The number of halogens is 3. The van der Waals surface area contributed by atoms with Gasteiger partial charge in [-0.25, -0.2) is 0 Å². The molecule has 0 bridgehead atoms. The molecule has 0 amide bonds. The Morgan fingerprint density at radius 1 is 1.30 bits per heavy atom. The summed E-state index contributed by atoms with van der Waals surface area (Å²) in [6.45, 7) is 5.98. The van der Waals surface area contributed by atoms with Gasteiger partial charge in [-0.3, -0.25) is 0 Å². The summed E-state index contributed by atoms with van der Waals surface area (Å²) in [5.41, 5.74) is -0.156. The maximum atomic E-state index is 5.66. The summed E-state index contributed by atoms with van der Waals surface area (Å²) in [4.78, 5) is 0. The van der Waals surface area contributed by atoms with Crippen LogP contribution < -0.4 is 0 Å². The van der Waals surface area contributed by atoms with Crippen molar-refractivity contribution in [2.45, 2.75) is 32.7 Å². The zero-order chi connectivity index (χ0) is 8.41. The molecule has 0 spiro atoms. The minimum atomic E-state index is -3.34. The third kappa shape index (κ3) is 6.14. The van der Waals surface area contributed by atoms with Crippen LogP contribution in [0.25, 0.3) is 0 Å². The van der Waals surface area contributed by atoms with Gasteiger partial charge in [-0.15, -0.1) is 0 Å². The van der Waals surface area contributed by atoms with E-state index in [1.165, 1.54) is 0 Å². The van der Waals surface area contributed by atoms with Gasteiger partial charge in [-0.1, -0.05) is 0 Å². The van der Waals surface area contributed by atoms with Crippen molar-refractivity contribution in [3.05, 3.63) is 0 Å². The quantitative estimate of drug-likeness (QED) is 0.680. The summed E-state index contributed by atoms with van der Waals surface area (Å²) in [6, 6.07) is 0. The van der Waals surface area contributed by atoms with Crippen molar-refractivity contribution in [1.29, 1.82) is 0 Å². The van der Waals surface area contributed by atoms with Crippen molar-refractivity contribution in [2.75, 3.05) is 0 Å². The van der Waals surface area contributed by atoms with Gasteiger partial charge in [-0.2, -0.15) is 0 Å². The van der Waals surface area contributed by atoms with Crippen molar-refractivity contribution in [3.63, 3.8) is 0 Å². The van der Waals surface area contributed by atoms with Gasteiger partial charge in [-0.05, 0) is 0 Å². The van der Waals surface area contributed by atoms with Gasteiger partial charge < -0.3 is 0 Å². The van der Waals surface area contributed by atoms with E-state index in [9.17, 15) is 0 Å². The van der Waals surface area contributed by atoms with Gasteiger partial charge in [0.15, 0.2) is 0 Å². The summed E-state index contributed by atoms with van der Waals surface area (Å²) in [6.07, 6.45) is 0.912. The zero-order valence-electron chi connectivity index (χ0n) is 6.24. The molecule has 0 aromatic rings. The van der Waals surface area contributed by atoms with Crippen LogP contribution in [0.15, 0.2) is 3.34 Å². The molecule has 0 saturated carbocycles. The average molecular weight is 284 g/mol. The third-order valence-electron chi connectivity index (χ3n) is 1.25. The summed E-state index contributed by atoms with van der Waals surface area (Å²) in [5.74, 6) is 0. The first kappa shape index (κ1) is 11.4. The topological polar surface area (TPSA) is 12.4 Å². The number of nitrogens with zero attached hydrogens (tertiary/aromatic N) is 1. The van der Waals surface area contributed by atoms with Crippen molar-refractivity contribution in [1.82, 2.24) is 0 Å². The van der Waals surface area contributed by atoms with Gasteiger partial charge in [0.2, 0.25) is 0 Å². The van der Waals surface area contributed by atoms with Gasteiger partial charge >= 0.3 is 77.3 Å².